The van der Waals surface area contributed by atoms with Crippen LogP contribution in [-0.2, 0) is 5.75 Å². The normalized spacial score (nSPS) is 10.5. The van der Waals surface area contributed by atoms with Crippen molar-refractivity contribution in [1.29, 1.82) is 0 Å². The van der Waals surface area contributed by atoms with Gasteiger partial charge in [0.05, 0.1) is 5.75 Å². The molecule has 68 valence electrons. The molecular weight excluding hydrogens is 208 g/mol. The van der Waals surface area contributed by atoms with Gasteiger partial charge in [0.25, 0.3) is 0 Å². The summed E-state index contributed by atoms with van der Waals surface area (Å²) in [6.07, 6.45) is 0. The Labute approximate surface area is 82.6 Å². The van der Waals surface area contributed by atoms with Gasteiger partial charge in [-0.1, -0.05) is 28.3 Å². The van der Waals surface area contributed by atoms with Crippen molar-refractivity contribution < 1.29 is 4.52 Å². The zero-order chi connectivity index (χ0) is 9.10. The number of hydrogen-bond acceptors (Lipinski definition) is 7. The van der Waals surface area contributed by atoms with E-state index in [1.807, 2.05) is 0 Å². The Balaban J connectivity index is 1.93. The first-order valence-electron chi connectivity index (χ1n) is 3.53. The number of thioether (sulfide) groups is 1. The van der Waals surface area contributed by atoms with Gasteiger partial charge in [-0.2, -0.15) is 4.98 Å². The summed E-state index contributed by atoms with van der Waals surface area (Å²) in [5, 5.41) is 11.4. The van der Waals surface area contributed by atoms with E-state index in [9.17, 15) is 0 Å². The average molecular weight is 214 g/mol. The third-order valence-corrected chi connectivity index (χ3v) is 3.09. The largest absolute Gasteiger partial charge is 0.340 e. The zero-order valence-corrected chi connectivity index (χ0v) is 8.43. The van der Waals surface area contributed by atoms with Crippen LogP contribution in [0.5, 0.6) is 0 Å². The van der Waals surface area contributed by atoms with Crippen molar-refractivity contribution >= 4 is 23.1 Å². The molecular formula is C6H6N4OS2. The minimum Gasteiger partial charge on any atom is -0.340 e. The topological polar surface area (TPSA) is 64.7 Å². The van der Waals surface area contributed by atoms with Gasteiger partial charge in [-0.05, 0) is 0 Å². The maximum atomic E-state index is 4.83. The van der Waals surface area contributed by atoms with E-state index in [4.69, 9.17) is 4.52 Å². The summed E-state index contributed by atoms with van der Waals surface area (Å²) in [6, 6.07) is 0. The van der Waals surface area contributed by atoms with E-state index in [1.165, 1.54) is 11.3 Å². The maximum absolute atomic E-state index is 4.83. The van der Waals surface area contributed by atoms with Crippen molar-refractivity contribution in [3.8, 4) is 0 Å². The van der Waals surface area contributed by atoms with Gasteiger partial charge in [0.2, 0.25) is 5.89 Å². The SMILES string of the molecule is Cc1nc(CSc2nncs2)no1. The van der Waals surface area contributed by atoms with Gasteiger partial charge in [-0.15, -0.1) is 10.2 Å². The molecule has 0 aliphatic rings. The first-order chi connectivity index (χ1) is 6.34. The van der Waals surface area contributed by atoms with Crippen LogP contribution in [0.15, 0.2) is 14.4 Å². The molecule has 0 atom stereocenters. The summed E-state index contributed by atoms with van der Waals surface area (Å²) in [6.45, 7) is 1.77. The standard InChI is InChI=1S/C6H6N4OS2/c1-4-8-5(10-11-4)2-12-6-9-7-3-13-6/h3H,2H2,1H3. The van der Waals surface area contributed by atoms with Crippen LogP contribution < -0.4 is 0 Å². The quantitative estimate of drug-likeness (QED) is 0.722. The third-order valence-electron chi connectivity index (χ3n) is 1.23. The fourth-order valence-electron chi connectivity index (χ4n) is 0.752. The molecule has 0 fully saturated rings. The van der Waals surface area contributed by atoms with Crippen LogP contribution in [0, 0.1) is 6.92 Å². The fourth-order valence-corrected chi connectivity index (χ4v) is 2.08. The van der Waals surface area contributed by atoms with Crippen LogP contribution in [0.2, 0.25) is 0 Å². The van der Waals surface area contributed by atoms with Crippen LogP contribution in [0.3, 0.4) is 0 Å². The van der Waals surface area contributed by atoms with Crippen molar-refractivity contribution in [2.24, 2.45) is 0 Å². The highest BCUT2D eigenvalue weighted by Gasteiger charge is 2.04. The van der Waals surface area contributed by atoms with Crippen molar-refractivity contribution in [1.82, 2.24) is 20.3 Å². The number of aryl methyl sites for hydroxylation is 1. The average Bonchev–Trinajstić information content (AvgIpc) is 2.71. The summed E-state index contributed by atoms with van der Waals surface area (Å²) in [7, 11) is 0. The summed E-state index contributed by atoms with van der Waals surface area (Å²) in [5.74, 6) is 1.96. The van der Waals surface area contributed by atoms with Gasteiger partial charge < -0.3 is 4.52 Å². The second-order valence-corrected chi connectivity index (χ2v) is 4.28. The molecule has 0 saturated carbocycles. The molecule has 7 heteroatoms. The van der Waals surface area contributed by atoms with Gasteiger partial charge in [0.1, 0.15) is 5.51 Å². The fraction of sp³-hybridized carbons (Fsp3) is 0.333. The van der Waals surface area contributed by atoms with Crippen LogP contribution in [0.4, 0.5) is 0 Å². The second-order valence-electron chi connectivity index (χ2n) is 2.22. The van der Waals surface area contributed by atoms with Gasteiger partial charge in [0.15, 0.2) is 10.2 Å². The number of hydrogen-bond donors (Lipinski definition) is 0. The van der Waals surface area contributed by atoms with Crippen LogP contribution in [-0.4, -0.2) is 20.3 Å². The minimum atomic E-state index is 0.591. The van der Waals surface area contributed by atoms with E-state index >= 15 is 0 Å². The Morgan fingerprint density at radius 3 is 3.15 bits per heavy atom. The Morgan fingerprint density at radius 1 is 1.62 bits per heavy atom. The van der Waals surface area contributed by atoms with Gasteiger partial charge in [-0.25, -0.2) is 0 Å². The third kappa shape index (κ3) is 2.25. The molecule has 0 aliphatic heterocycles. The highest BCUT2D eigenvalue weighted by Crippen LogP contribution is 2.21. The van der Waals surface area contributed by atoms with Crippen molar-refractivity contribution in [3.63, 3.8) is 0 Å². The first-order valence-corrected chi connectivity index (χ1v) is 5.39. The Hall–Kier alpha value is -0.950. The molecule has 0 aromatic carbocycles. The highest BCUT2D eigenvalue weighted by molar-refractivity contribution is 8.00. The van der Waals surface area contributed by atoms with E-state index in [2.05, 4.69) is 20.3 Å². The van der Waals surface area contributed by atoms with Crippen LogP contribution in [0.1, 0.15) is 11.7 Å². The summed E-state index contributed by atoms with van der Waals surface area (Å²) in [5.41, 5.74) is 1.70. The number of aromatic nitrogens is 4. The smallest absolute Gasteiger partial charge is 0.223 e. The molecule has 0 unspecified atom stereocenters. The van der Waals surface area contributed by atoms with Gasteiger partial charge in [0, 0.05) is 6.92 Å². The molecule has 0 N–H and O–H groups in total. The molecule has 13 heavy (non-hydrogen) atoms. The van der Waals surface area contributed by atoms with E-state index in [0.717, 1.165) is 4.34 Å². The van der Waals surface area contributed by atoms with Gasteiger partial charge in [-0.3, -0.25) is 0 Å². The monoisotopic (exact) mass is 214 g/mol. The molecule has 0 saturated heterocycles. The predicted octanol–water partition coefficient (Wildman–Crippen LogP) is 1.52. The number of rotatable bonds is 3. The Morgan fingerprint density at radius 2 is 2.54 bits per heavy atom. The molecule has 0 bridgehead atoms. The van der Waals surface area contributed by atoms with E-state index in [-0.39, 0.29) is 0 Å². The van der Waals surface area contributed by atoms with Gasteiger partial charge >= 0.3 is 0 Å². The lowest BCUT2D eigenvalue weighted by Crippen LogP contribution is -1.83. The Bertz CT molecular complexity index is 372. The molecule has 2 aromatic rings. The maximum Gasteiger partial charge on any atom is 0.223 e. The lowest BCUT2D eigenvalue weighted by Gasteiger charge is -1.88. The molecule has 2 heterocycles. The lowest BCUT2D eigenvalue weighted by molar-refractivity contribution is 0.389. The molecule has 2 aromatic heterocycles. The van der Waals surface area contributed by atoms with Crippen LogP contribution >= 0.6 is 23.1 Å². The highest BCUT2D eigenvalue weighted by atomic mass is 32.2. The summed E-state index contributed by atoms with van der Waals surface area (Å²) >= 11 is 3.06. The molecule has 2 rings (SSSR count). The molecule has 0 radical (unpaired) electrons. The van der Waals surface area contributed by atoms with E-state index < -0.39 is 0 Å². The van der Waals surface area contributed by atoms with Crippen molar-refractivity contribution in [2.45, 2.75) is 17.0 Å². The van der Waals surface area contributed by atoms with E-state index in [1.54, 1.807) is 24.2 Å². The summed E-state index contributed by atoms with van der Waals surface area (Å²) < 4.78 is 5.75. The predicted molar refractivity (Wildman–Crippen MR) is 48.5 cm³/mol. The van der Waals surface area contributed by atoms with E-state index in [0.29, 0.717) is 17.5 Å². The number of nitrogens with zero attached hydrogens (tertiary/aromatic N) is 4. The Kier molecular flexibility index (Phi) is 2.55. The van der Waals surface area contributed by atoms with Crippen molar-refractivity contribution in [3.05, 3.63) is 17.2 Å². The molecule has 0 aliphatic carbocycles. The lowest BCUT2D eigenvalue weighted by atomic mass is 10.7. The zero-order valence-electron chi connectivity index (χ0n) is 6.80. The summed E-state index contributed by atoms with van der Waals surface area (Å²) in [4.78, 5) is 4.07. The molecule has 5 nitrogen and oxygen atoms in total. The first kappa shape index (κ1) is 8.64. The molecule has 0 spiro atoms. The molecule has 0 amide bonds. The second kappa shape index (κ2) is 3.84. The van der Waals surface area contributed by atoms with Crippen molar-refractivity contribution in [2.75, 3.05) is 0 Å². The minimum absolute atomic E-state index is 0.591. The van der Waals surface area contributed by atoms with Crippen LogP contribution in [0.25, 0.3) is 0 Å².